The van der Waals surface area contributed by atoms with Crippen LogP contribution in [0.2, 0.25) is 0 Å². The van der Waals surface area contributed by atoms with Crippen LogP contribution in [0, 0.1) is 15.9 Å². The molecule has 0 aliphatic carbocycles. The van der Waals surface area contributed by atoms with Crippen LogP contribution in [0.1, 0.15) is 24.1 Å². The van der Waals surface area contributed by atoms with Gasteiger partial charge in [0.25, 0.3) is 5.69 Å². The van der Waals surface area contributed by atoms with Gasteiger partial charge in [0, 0.05) is 17.7 Å². The van der Waals surface area contributed by atoms with E-state index >= 15 is 0 Å². The Kier molecular flexibility index (Phi) is 4.77. The first kappa shape index (κ1) is 17.7. The van der Waals surface area contributed by atoms with Crippen LogP contribution < -0.4 is 10.6 Å². The van der Waals surface area contributed by atoms with Crippen molar-refractivity contribution in [2.45, 2.75) is 13.0 Å². The number of nitro groups is 1. The lowest BCUT2D eigenvalue weighted by molar-refractivity contribution is -0.384. The maximum atomic E-state index is 13.2. The highest BCUT2D eigenvalue weighted by atomic mass is 32.1. The number of carbonyl (C=O) groups excluding carboxylic acids is 1. The number of rotatable bonds is 4. The van der Waals surface area contributed by atoms with E-state index in [0.717, 1.165) is 0 Å². The molecular formula is C18H14FN3O3S. The third-order valence-electron chi connectivity index (χ3n) is 4.02. The number of carbonyl (C=O) groups is 1. The highest BCUT2D eigenvalue weighted by molar-refractivity contribution is 7.80. The number of nitro benzene ring substituents is 1. The summed E-state index contributed by atoms with van der Waals surface area (Å²) in [5.74, 6) is -0.586. The molecule has 8 heteroatoms. The molecule has 26 heavy (non-hydrogen) atoms. The van der Waals surface area contributed by atoms with E-state index in [2.05, 4.69) is 10.6 Å². The Morgan fingerprint density at radius 3 is 2.31 bits per heavy atom. The maximum Gasteiger partial charge on any atom is 0.269 e. The molecule has 2 aromatic carbocycles. The Labute approximate surface area is 153 Å². The average Bonchev–Trinajstić information content (AvgIpc) is 2.61. The number of nitrogens with one attached hydrogen (secondary N) is 2. The Balaban J connectivity index is 2.12. The molecule has 0 unspecified atom stereocenters. The molecule has 2 aromatic rings. The lowest BCUT2D eigenvalue weighted by atomic mass is 9.90. The quantitative estimate of drug-likeness (QED) is 0.488. The van der Waals surface area contributed by atoms with E-state index in [1.165, 1.54) is 31.2 Å². The van der Waals surface area contributed by atoms with Crippen molar-refractivity contribution < 1.29 is 14.1 Å². The molecule has 0 spiro atoms. The van der Waals surface area contributed by atoms with Gasteiger partial charge in [-0.2, -0.15) is 0 Å². The van der Waals surface area contributed by atoms with Crippen LogP contribution >= 0.6 is 12.2 Å². The Morgan fingerprint density at radius 2 is 1.77 bits per heavy atom. The second-order valence-electron chi connectivity index (χ2n) is 5.73. The molecule has 1 aliphatic rings. The smallest absolute Gasteiger partial charge is 0.269 e. The number of Topliss-reactive ketones (excluding diaryl/α,β-unsaturated/α-hetero) is 1. The zero-order valence-electron chi connectivity index (χ0n) is 13.7. The number of benzene rings is 2. The Morgan fingerprint density at radius 1 is 1.15 bits per heavy atom. The molecule has 0 fully saturated rings. The molecule has 132 valence electrons. The summed E-state index contributed by atoms with van der Waals surface area (Å²) in [4.78, 5) is 22.7. The lowest BCUT2D eigenvalue weighted by Crippen LogP contribution is -2.44. The SMILES string of the molecule is CC(=O)C1=C(c2ccc(F)cc2)NC(=S)N[C@H]1c1ccc([N+](=O)[O-])cc1. The minimum atomic E-state index is -0.567. The highest BCUT2D eigenvalue weighted by Crippen LogP contribution is 2.32. The first-order valence-electron chi connectivity index (χ1n) is 7.69. The molecule has 1 aliphatic heterocycles. The van der Waals surface area contributed by atoms with Crippen LogP contribution in [0.15, 0.2) is 54.1 Å². The van der Waals surface area contributed by atoms with E-state index in [1.54, 1.807) is 24.3 Å². The second kappa shape index (κ2) is 7.01. The monoisotopic (exact) mass is 371 g/mol. The number of ketones is 1. The topological polar surface area (TPSA) is 84.3 Å². The largest absolute Gasteiger partial charge is 0.351 e. The molecule has 0 saturated carbocycles. The summed E-state index contributed by atoms with van der Waals surface area (Å²) < 4.78 is 13.2. The molecule has 0 aromatic heterocycles. The first-order valence-corrected chi connectivity index (χ1v) is 8.10. The van der Waals surface area contributed by atoms with Crippen molar-refractivity contribution in [3.63, 3.8) is 0 Å². The zero-order valence-corrected chi connectivity index (χ0v) is 14.5. The summed E-state index contributed by atoms with van der Waals surface area (Å²) in [5.41, 5.74) is 2.14. The fourth-order valence-corrected chi connectivity index (χ4v) is 3.05. The third-order valence-corrected chi connectivity index (χ3v) is 4.24. The number of nitrogens with zero attached hydrogens (tertiary/aromatic N) is 1. The Hall–Kier alpha value is -3.13. The third kappa shape index (κ3) is 3.45. The minimum Gasteiger partial charge on any atom is -0.351 e. The molecule has 0 saturated heterocycles. The predicted octanol–water partition coefficient (Wildman–Crippen LogP) is 3.25. The fourth-order valence-electron chi connectivity index (χ4n) is 2.83. The number of hydrogen-bond acceptors (Lipinski definition) is 4. The van der Waals surface area contributed by atoms with Gasteiger partial charge in [0.05, 0.1) is 16.7 Å². The van der Waals surface area contributed by atoms with Gasteiger partial charge < -0.3 is 10.6 Å². The van der Waals surface area contributed by atoms with Crippen LogP contribution in [0.25, 0.3) is 5.70 Å². The fraction of sp³-hybridized carbons (Fsp3) is 0.111. The normalized spacial score (nSPS) is 16.7. The molecular weight excluding hydrogens is 357 g/mol. The van der Waals surface area contributed by atoms with Gasteiger partial charge >= 0.3 is 0 Å². The molecule has 1 atom stereocenters. The van der Waals surface area contributed by atoms with Crippen molar-refractivity contribution in [3.05, 3.63) is 81.2 Å². The summed E-state index contributed by atoms with van der Waals surface area (Å²) in [5, 5.41) is 17.1. The van der Waals surface area contributed by atoms with E-state index in [0.29, 0.717) is 27.5 Å². The van der Waals surface area contributed by atoms with Gasteiger partial charge in [0.15, 0.2) is 10.9 Å². The summed E-state index contributed by atoms with van der Waals surface area (Å²) >= 11 is 5.24. The number of halogens is 1. The van der Waals surface area contributed by atoms with Gasteiger partial charge in [-0.25, -0.2) is 4.39 Å². The average molecular weight is 371 g/mol. The van der Waals surface area contributed by atoms with Crippen LogP contribution in [0.5, 0.6) is 0 Å². The van der Waals surface area contributed by atoms with Crippen molar-refractivity contribution in [1.82, 2.24) is 10.6 Å². The van der Waals surface area contributed by atoms with E-state index < -0.39 is 11.0 Å². The number of hydrogen-bond donors (Lipinski definition) is 2. The minimum absolute atomic E-state index is 0.0441. The number of thiocarbonyl (C=S) groups is 1. The molecule has 0 amide bonds. The second-order valence-corrected chi connectivity index (χ2v) is 6.14. The van der Waals surface area contributed by atoms with Crippen molar-refractivity contribution in [2.24, 2.45) is 0 Å². The van der Waals surface area contributed by atoms with Gasteiger partial charge in [0.2, 0.25) is 0 Å². The summed E-state index contributed by atoms with van der Waals surface area (Å²) in [6.45, 7) is 1.43. The van der Waals surface area contributed by atoms with Crippen LogP contribution in [-0.2, 0) is 4.79 Å². The first-order chi connectivity index (χ1) is 12.4. The van der Waals surface area contributed by atoms with Crippen LogP contribution in [0.3, 0.4) is 0 Å². The van der Waals surface area contributed by atoms with Crippen LogP contribution in [0.4, 0.5) is 10.1 Å². The van der Waals surface area contributed by atoms with Crippen molar-refractivity contribution in [3.8, 4) is 0 Å². The zero-order chi connectivity index (χ0) is 18.8. The van der Waals surface area contributed by atoms with Gasteiger partial charge in [0.1, 0.15) is 5.82 Å². The van der Waals surface area contributed by atoms with Crippen LogP contribution in [-0.4, -0.2) is 15.8 Å². The highest BCUT2D eigenvalue weighted by Gasteiger charge is 2.30. The lowest BCUT2D eigenvalue weighted by Gasteiger charge is -2.31. The Bertz CT molecular complexity index is 924. The summed E-state index contributed by atoms with van der Waals surface area (Å²) in [7, 11) is 0. The van der Waals surface area contributed by atoms with E-state index in [1.807, 2.05) is 0 Å². The van der Waals surface area contributed by atoms with Crippen molar-refractivity contribution >= 4 is 34.5 Å². The maximum absolute atomic E-state index is 13.2. The van der Waals surface area contributed by atoms with Gasteiger partial charge in [-0.3, -0.25) is 14.9 Å². The van der Waals surface area contributed by atoms with Crippen molar-refractivity contribution in [1.29, 1.82) is 0 Å². The molecule has 1 heterocycles. The van der Waals surface area contributed by atoms with Gasteiger partial charge in [-0.05, 0) is 66.7 Å². The molecule has 6 nitrogen and oxygen atoms in total. The molecule has 0 radical (unpaired) electrons. The molecule has 3 rings (SSSR count). The standard InChI is InChI=1S/C18H14FN3O3S/c1-10(23)15-16(11-2-6-13(19)7-3-11)20-18(26)21-17(15)12-4-8-14(9-5-12)22(24)25/h2-9,17H,1H3,(H2,20,21,26)/t17-/m0/s1. The summed E-state index contributed by atoms with van der Waals surface area (Å²) in [6.07, 6.45) is 0. The summed E-state index contributed by atoms with van der Waals surface area (Å²) in [6, 6.07) is 11.0. The molecule has 0 bridgehead atoms. The van der Waals surface area contributed by atoms with E-state index in [-0.39, 0.29) is 17.3 Å². The van der Waals surface area contributed by atoms with E-state index in [9.17, 15) is 19.3 Å². The molecule has 2 N–H and O–H groups in total. The predicted molar refractivity (Wildman–Crippen MR) is 98.7 cm³/mol. The van der Waals surface area contributed by atoms with Gasteiger partial charge in [-0.15, -0.1) is 0 Å². The van der Waals surface area contributed by atoms with E-state index in [4.69, 9.17) is 12.2 Å². The van der Waals surface area contributed by atoms with Crippen molar-refractivity contribution in [2.75, 3.05) is 0 Å². The number of non-ortho nitro benzene ring substituents is 1. The van der Waals surface area contributed by atoms with Gasteiger partial charge in [-0.1, -0.05) is 0 Å².